The average Bonchev–Trinajstić information content (AvgIpc) is 1.66. The molecule has 0 spiro atoms. The fraction of sp³-hybridized carbons (Fsp3) is 0. The minimum absolute atomic E-state index is 0.456. The van der Waals surface area contributed by atoms with Gasteiger partial charge in [0, 0.05) is 65.8 Å². The second-order valence-electron chi connectivity index (χ2n) is 28.6. The lowest BCUT2D eigenvalue weighted by Gasteiger charge is -2.21. The van der Waals surface area contributed by atoms with Crippen molar-refractivity contribution in [1.82, 2.24) is 34.5 Å². The van der Waals surface area contributed by atoms with Crippen molar-refractivity contribution < 1.29 is 4.57 Å². The highest BCUT2D eigenvalue weighted by Gasteiger charge is 2.31. The van der Waals surface area contributed by atoms with E-state index in [-0.39, 0.29) is 0 Å². The molecule has 3 aromatic heterocycles. The summed E-state index contributed by atoms with van der Waals surface area (Å²) in [7, 11) is -3.32. The van der Waals surface area contributed by atoms with Gasteiger partial charge in [0.1, 0.15) is 0 Å². The van der Waals surface area contributed by atoms with E-state index in [1.165, 1.54) is 5.39 Å². The summed E-state index contributed by atoms with van der Waals surface area (Å²) < 4.78 is 17.7. The Morgan fingerprint density at radius 2 is 0.513 bits per heavy atom. The quantitative estimate of drug-likeness (QED) is 0.0915. The molecule has 0 amide bonds. The van der Waals surface area contributed by atoms with Crippen LogP contribution < -0.4 is 15.9 Å². The van der Waals surface area contributed by atoms with Crippen LogP contribution in [0.2, 0.25) is 0 Å². The van der Waals surface area contributed by atoms with Crippen molar-refractivity contribution in [3.8, 4) is 142 Å². The summed E-state index contributed by atoms with van der Waals surface area (Å²) in [5.74, 6) is 3.72. The van der Waals surface area contributed by atoms with Crippen molar-refractivity contribution in [2.24, 2.45) is 0 Å². The number of rotatable bonds is 15. The van der Waals surface area contributed by atoms with Gasteiger partial charge in [0.2, 0.25) is 0 Å². The second kappa shape index (κ2) is 31.5. The summed E-state index contributed by atoms with van der Waals surface area (Å²) in [6, 6.07) is 144. The largest absolute Gasteiger partial charge is 0.309 e. The summed E-state index contributed by atoms with van der Waals surface area (Å²) in [4.78, 5) is 29.4. The Labute approximate surface area is 677 Å². The Morgan fingerprint density at radius 1 is 0.222 bits per heavy atom. The van der Waals surface area contributed by atoms with Crippen LogP contribution in [0.4, 0.5) is 0 Å². The van der Waals surface area contributed by atoms with E-state index in [9.17, 15) is 10.5 Å². The summed E-state index contributed by atoms with van der Waals surface area (Å²) in [6.07, 6.45) is 0. The van der Waals surface area contributed by atoms with Crippen LogP contribution >= 0.6 is 7.14 Å². The third kappa shape index (κ3) is 14.0. The van der Waals surface area contributed by atoms with Gasteiger partial charge in [0.05, 0.1) is 34.3 Å². The molecule has 117 heavy (non-hydrogen) atoms. The van der Waals surface area contributed by atoms with Crippen molar-refractivity contribution in [3.63, 3.8) is 0 Å². The molecule has 17 aromatic carbocycles. The summed E-state index contributed by atoms with van der Waals surface area (Å²) in [5, 5.41) is 29.4. The van der Waals surface area contributed by atoms with E-state index in [0.29, 0.717) is 51.4 Å². The van der Waals surface area contributed by atoms with Crippen molar-refractivity contribution in [1.29, 1.82) is 10.5 Å². The maximum absolute atomic E-state index is 15.4. The van der Waals surface area contributed by atoms with Crippen LogP contribution in [-0.4, -0.2) is 34.5 Å². The molecule has 0 fully saturated rings. The average molecular weight is 1510 g/mol. The Hall–Kier alpha value is -15.7. The zero-order valence-corrected chi connectivity index (χ0v) is 64.0. The molecule has 0 saturated carbocycles. The summed E-state index contributed by atoms with van der Waals surface area (Å²) >= 11 is 0. The van der Waals surface area contributed by atoms with Crippen molar-refractivity contribution in [3.05, 3.63) is 424 Å². The molecule has 11 heteroatoms. The Kier molecular flexibility index (Phi) is 19.2. The molecule has 0 aliphatic rings. The van der Waals surface area contributed by atoms with Crippen LogP contribution in [0.25, 0.3) is 173 Å². The van der Waals surface area contributed by atoms with Crippen LogP contribution in [-0.2, 0) is 4.57 Å². The molecular formula is C106H68N9OP. The van der Waals surface area contributed by atoms with E-state index in [1.54, 1.807) is 6.07 Å². The maximum atomic E-state index is 15.4. The second-order valence-corrected chi connectivity index (χ2v) is 31.4. The third-order valence-electron chi connectivity index (χ3n) is 21.5. The van der Waals surface area contributed by atoms with E-state index < -0.39 is 7.14 Å². The number of benzene rings is 17. The fourth-order valence-electron chi connectivity index (χ4n) is 15.9. The number of nitriles is 2. The number of hydrogen-bond donors (Lipinski definition) is 0. The van der Waals surface area contributed by atoms with Crippen molar-refractivity contribution in [2.45, 2.75) is 0 Å². The molecule has 0 N–H and O–H groups in total. The Bertz CT molecular complexity index is 7100. The van der Waals surface area contributed by atoms with Crippen LogP contribution in [0.15, 0.2) is 413 Å². The van der Waals surface area contributed by atoms with Gasteiger partial charge in [-0.2, -0.15) is 10.5 Å². The van der Waals surface area contributed by atoms with Crippen LogP contribution in [0.1, 0.15) is 11.1 Å². The van der Waals surface area contributed by atoms with Gasteiger partial charge in [-0.25, -0.2) is 29.9 Å². The van der Waals surface area contributed by atoms with Crippen LogP contribution in [0, 0.1) is 22.7 Å². The first-order valence-corrected chi connectivity index (χ1v) is 40.4. The molecule has 0 radical (unpaired) electrons. The van der Waals surface area contributed by atoms with Gasteiger partial charge in [0.15, 0.2) is 42.1 Å². The van der Waals surface area contributed by atoms with Gasteiger partial charge in [-0.3, -0.25) is 0 Å². The summed E-state index contributed by atoms with van der Waals surface area (Å²) in [5.41, 5.74) is 20.2. The van der Waals surface area contributed by atoms with Gasteiger partial charge in [-0.1, -0.05) is 352 Å². The smallest absolute Gasteiger partial charge is 0.171 e. The predicted molar refractivity (Wildman–Crippen MR) is 478 cm³/mol. The minimum Gasteiger partial charge on any atom is -0.309 e. The van der Waals surface area contributed by atoms with Gasteiger partial charge < -0.3 is 9.13 Å². The molecule has 20 aromatic rings. The maximum Gasteiger partial charge on any atom is 0.171 e. The van der Waals surface area contributed by atoms with E-state index in [2.05, 4.69) is 199 Å². The highest BCUT2D eigenvalue weighted by molar-refractivity contribution is 7.85. The van der Waals surface area contributed by atoms with E-state index in [1.807, 2.05) is 224 Å². The monoisotopic (exact) mass is 1510 g/mol. The fourth-order valence-corrected chi connectivity index (χ4v) is 18.7. The van der Waals surface area contributed by atoms with Crippen LogP contribution in [0.3, 0.4) is 0 Å². The predicted octanol–water partition coefficient (Wildman–Crippen LogP) is 24.9. The molecule has 548 valence electrons. The van der Waals surface area contributed by atoms with Gasteiger partial charge in [-0.15, -0.1) is 0 Å². The molecule has 0 aliphatic carbocycles. The van der Waals surface area contributed by atoms with E-state index >= 15 is 4.57 Å². The lowest BCUT2D eigenvalue weighted by molar-refractivity contribution is 0.592. The normalized spacial score (nSPS) is 11.3. The SMILES string of the molecule is N#Cc1cc(-c2ccc(-c3ccc(-c4nc(-c5ccccc5)nc(-c5ccccc5)n4)cc3)c3ccccc23)cc(-c2cccc3c2c2ccccc2n3-c2ccccc2)c1.N#Cc1cc(-c2ccc(-c3ccc(-c4nc(-c5ccccc5)nc(-c5ccccc5)n4)cc3)c3ccccc23)cc(P(=O)(c2ccccc2)c2ccccc2)c1. The first-order valence-electron chi connectivity index (χ1n) is 38.7. The van der Waals surface area contributed by atoms with Crippen molar-refractivity contribution >= 4 is 66.4 Å². The molecule has 0 aliphatic heterocycles. The highest BCUT2D eigenvalue weighted by atomic mass is 31.2. The van der Waals surface area contributed by atoms with E-state index in [0.717, 1.165) is 143 Å². The molecular weight excluding hydrogens is 1450 g/mol. The van der Waals surface area contributed by atoms with Gasteiger partial charge in [0.25, 0.3) is 0 Å². The molecule has 3 heterocycles. The zero-order chi connectivity index (χ0) is 78.6. The van der Waals surface area contributed by atoms with E-state index in [4.69, 9.17) is 29.9 Å². The molecule has 0 atom stereocenters. The number of hydrogen-bond acceptors (Lipinski definition) is 9. The molecule has 10 nitrogen and oxygen atoms in total. The first kappa shape index (κ1) is 71.6. The molecule has 0 unspecified atom stereocenters. The number of nitrogens with zero attached hydrogens (tertiary/aromatic N) is 9. The van der Waals surface area contributed by atoms with Crippen LogP contribution in [0.5, 0.6) is 0 Å². The standard InChI is InChI=1S/C56H35N5.C50H33N4OP/c57-36-37-33-42(35-43(34-37)47-24-14-26-52-53(47)50-23-12-13-25-51(50)61(52)44-19-8-3-9-20-44)46-32-31-45(48-21-10-11-22-49(46)48)38-27-29-41(30-28-38)56-59-54(39-15-4-1-5-16-39)58-55(60-56)40-17-6-2-7-18-40;51-34-35-31-40(33-43(32-35)56(55,41-19-9-3-10-20-41)42-21-11-4-12-22-42)45-30-29-44(46-23-13-14-24-47(45)46)36-25-27-39(28-26-36)50-53-48(37-15-5-1-6-16-37)52-49(54-50)38-17-7-2-8-18-38/h1-35H;1-33H. The highest BCUT2D eigenvalue weighted by Crippen LogP contribution is 2.47. The number of aromatic nitrogens is 7. The molecule has 20 rings (SSSR count). The lowest BCUT2D eigenvalue weighted by Crippen LogP contribution is -2.25. The minimum atomic E-state index is -3.32. The van der Waals surface area contributed by atoms with Crippen molar-refractivity contribution in [2.75, 3.05) is 0 Å². The Morgan fingerprint density at radius 3 is 0.897 bits per heavy atom. The lowest BCUT2D eigenvalue weighted by atomic mass is 9.89. The first-order chi connectivity index (χ1) is 57.8. The number of fused-ring (bicyclic) bond motifs is 5. The third-order valence-corrected chi connectivity index (χ3v) is 24.5. The molecule has 0 bridgehead atoms. The van der Waals surface area contributed by atoms with Gasteiger partial charge >= 0.3 is 0 Å². The molecule has 0 saturated heterocycles. The van der Waals surface area contributed by atoms with Gasteiger partial charge in [-0.05, 0) is 138 Å². The topological polar surface area (TPSA) is 147 Å². The summed E-state index contributed by atoms with van der Waals surface area (Å²) in [6.45, 7) is 0. The Balaban J connectivity index is 0.000000156. The zero-order valence-electron chi connectivity index (χ0n) is 63.1. The number of para-hydroxylation sites is 2.